The van der Waals surface area contributed by atoms with Crippen molar-refractivity contribution < 1.29 is 18.3 Å². The lowest BCUT2D eigenvalue weighted by molar-refractivity contribution is -0.124. The highest BCUT2D eigenvalue weighted by Crippen LogP contribution is 2.24. The molecule has 1 unspecified atom stereocenters. The van der Waals surface area contributed by atoms with Gasteiger partial charge >= 0.3 is 0 Å². The molecule has 0 fully saturated rings. The van der Waals surface area contributed by atoms with Gasteiger partial charge in [-0.25, -0.2) is 8.78 Å². The first-order valence-corrected chi connectivity index (χ1v) is 8.81. The van der Waals surface area contributed by atoms with Crippen LogP contribution in [0.25, 0.3) is 0 Å². The van der Waals surface area contributed by atoms with E-state index in [1.54, 1.807) is 42.6 Å². The number of nitriles is 1. The molecular weight excluding hydrogens is 376 g/mol. The predicted molar refractivity (Wildman–Crippen MR) is 103 cm³/mol. The summed E-state index contributed by atoms with van der Waals surface area (Å²) in [5.74, 6) is -1.81. The average Bonchev–Trinajstić information content (AvgIpc) is 2.73. The number of amides is 1. The Kier molecular flexibility index (Phi) is 6.15. The molecule has 2 aromatic carbocycles. The van der Waals surface area contributed by atoms with E-state index in [9.17, 15) is 13.6 Å². The number of benzene rings is 2. The Labute approximate surface area is 166 Å². The molecule has 1 aromatic heterocycles. The molecule has 7 heteroatoms. The number of carbonyl (C=O) groups excluding carboxylic acids is 1. The molecule has 3 aromatic rings. The molecule has 5 nitrogen and oxygen atoms in total. The first-order valence-electron chi connectivity index (χ1n) is 8.81. The molecule has 3 rings (SSSR count). The lowest BCUT2D eigenvalue weighted by atomic mass is 10.2. The van der Waals surface area contributed by atoms with Gasteiger partial charge in [0, 0.05) is 12.3 Å². The molecule has 0 aliphatic rings. The predicted octanol–water partition coefficient (Wildman–Crippen LogP) is 4.23. The van der Waals surface area contributed by atoms with Crippen LogP contribution < -0.4 is 9.64 Å². The van der Waals surface area contributed by atoms with E-state index >= 15 is 0 Å². The summed E-state index contributed by atoms with van der Waals surface area (Å²) in [5.41, 5.74) is 0.837. The fourth-order valence-electron chi connectivity index (χ4n) is 2.75. The molecule has 1 heterocycles. The lowest BCUT2D eigenvalue weighted by Crippen LogP contribution is -2.41. The van der Waals surface area contributed by atoms with Gasteiger partial charge in [0.05, 0.1) is 29.6 Å². The van der Waals surface area contributed by atoms with E-state index in [1.807, 2.05) is 6.07 Å². The molecule has 0 aliphatic carbocycles. The summed E-state index contributed by atoms with van der Waals surface area (Å²) in [4.78, 5) is 18.4. The van der Waals surface area contributed by atoms with Crippen LogP contribution in [-0.4, -0.2) is 17.0 Å². The fourth-order valence-corrected chi connectivity index (χ4v) is 2.75. The van der Waals surface area contributed by atoms with E-state index in [0.717, 1.165) is 17.0 Å². The van der Waals surface area contributed by atoms with Crippen molar-refractivity contribution in [1.29, 1.82) is 5.26 Å². The monoisotopic (exact) mass is 393 g/mol. The zero-order valence-corrected chi connectivity index (χ0v) is 15.5. The summed E-state index contributed by atoms with van der Waals surface area (Å²) >= 11 is 0. The maximum absolute atomic E-state index is 14.4. The van der Waals surface area contributed by atoms with Gasteiger partial charge in [-0.05, 0) is 49.4 Å². The Balaban J connectivity index is 1.89. The van der Waals surface area contributed by atoms with Crippen LogP contribution in [0.15, 0.2) is 66.9 Å². The van der Waals surface area contributed by atoms with Gasteiger partial charge < -0.3 is 9.64 Å². The minimum atomic E-state index is -0.989. The second-order valence-electron chi connectivity index (χ2n) is 6.24. The lowest BCUT2D eigenvalue weighted by Gasteiger charge is -2.26. The highest BCUT2D eigenvalue weighted by Gasteiger charge is 2.26. The van der Waals surface area contributed by atoms with Crippen LogP contribution in [0.4, 0.5) is 14.5 Å². The molecule has 0 aliphatic heterocycles. The van der Waals surface area contributed by atoms with E-state index in [1.165, 1.54) is 19.1 Å². The molecule has 0 saturated carbocycles. The van der Waals surface area contributed by atoms with E-state index in [0.29, 0.717) is 17.0 Å². The molecule has 29 heavy (non-hydrogen) atoms. The summed E-state index contributed by atoms with van der Waals surface area (Å²) in [6.07, 6.45) is 0.573. The Morgan fingerprint density at radius 1 is 1.17 bits per heavy atom. The van der Waals surface area contributed by atoms with Gasteiger partial charge in [0.2, 0.25) is 0 Å². The number of anilines is 1. The summed E-state index contributed by atoms with van der Waals surface area (Å²) < 4.78 is 33.4. The van der Waals surface area contributed by atoms with Gasteiger partial charge in [0.1, 0.15) is 17.4 Å². The zero-order chi connectivity index (χ0) is 20.8. The molecule has 0 N–H and O–H groups in total. The Bertz CT molecular complexity index is 1050. The van der Waals surface area contributed by atoms with Crippen molar-refractivity contribution in [3.8, 4) is 11.8 Å². The van der Waals surface area contributed by atoms with E-state index in [-0.39, 0.29) is 12.2 Å². The Hall–Kier alpha value is -3.79. The number of ether oxygens (including phenoxy) is 1. The molecule has 0 spiro atoms. The Morgan fingerprint density at radius 2 is 2.00 bits per heavy atom. The van der Waals surface area contributed by atoms with Crippen molar-refractivity contribution in [2.45, 2.75) is 19.6 Å². The molecule has 0 bridgehead atoms. The topological polar surface area (TPSA) is 66.2 Å². The van der Waals surface area contributed by atoms with Crippen molar-refractivity contribution in [2.75, 3.05) is 4.90 Å². The number of nitrogens with zero attached hydrogens (tertiary/aromatic N) is 3. The first kappa shape index (κ1) is 20.0. The highest BCUT2D eigenvalue weighted by molar-refractivity contribution is 5.96. The number of halogens is 2. The number of rotatable bonds is 6. The van der Waals surface area contributed by atoms with Gasteiger partial charge in [0.15, 0.2) is 6.10 Å². The largest absolute Gasteiger partial charge is 0.481 e. The van der Waals surface area contributed by atoms with Gasteiger partial charge in [0.25, 0.3) is 5.91 Å². The SMILES string of the molecule is CC(Oc1cccc(C#N)c1)C(=O)N(Cc1ccccn1)c1ccc(F)cc1F. The second kappa shape index (κ2) is 8.93. The normalized spacial score (nSPS) is 11.4. The minimum Gasteiger partial charge on any atom is -0.481 e. The van der Waals surface area contributed by atoms with Gasteiger partial charge in [-0.3, -0.25) is 9.78 Å². The van der Waals surface area contributed by atoms with Crippen molar-refractivity contribution in [2.24, 2.45) is 0 Å². The quantitative estimate of drug-likeness (QED) is 0.629. The molecule has 1 atom stereocenters. The number of pyridine rings is 1. The first-order chi connectivity index (χ1) is 14.0. The second-order valence-corrected chi connectivity index (χ2v) is 6.24. The van der Waals surface area contributed by atoms with Crippen LogP contribution in [-0.2, 0) is 11.3 Å². The Morgan fingerprint density at radius 3 is 2.69 bits per heavy atom. The van der Waals surface area contributed by atoms with Crippen molar-refractivity contribution in [3.63, 3.8) is 0 Å². The highest BCUT2D eigenvalue weighted by atomic mass is 19.1. The minimum absolute atomic E-state index is 0.0197. The van der Waals surface area contributed by atoms with Crippen LogP contribution in [0, 0.1) is 23.0 Å². The maximum atomic E-state index is 14.4. The van der Waals surface area contributed by atoms with Crippen LogP contribution in [0.1, 0.15) is 18.2 Å². The van der Waals surface area contributed by atoms with Crippen LogP contribution in [0.2, 0.25) is 0 Å². The van der Waals surface area contributed by atoms with E-state index in [4.69, 9.17) is 10.00 Å². The third-order valence-electron chi connectivity index (χ3n) is 4.14. The number of aromatic nitrogens is 1. The summed E-state index contributed by atoms with van der Waals surface area (Å²) in [7, 11) is 0. The number of hydrogen-bond donors (Lipinski definition) is 0. The third kappa shape index (κ3) is 4.93. The molecule has 0 saturated heterocycles. The molecular formula is C22H17F2N3O2. The molecule has 146 valence electrons. The number of carbonyl (C=O) groups is 1. The van der Waals surface area contributed by atoms with Gasteiger partial charge in [-0.1, -0.05) is 12.1 Å². The maximum Gasteiger partial charge on any atom is 0.268 e. The van der Waals surface area contributed by atoms with Gasteiger partial charge in [-0.2, -0.15) is 5.26 Å². The molecule has 1 amide bonds. The number of hydrogen-bond acceptors (Lipinski definition) is 4. The van der Waals surface area contributed by atoms with E-state index < -0.39 is 23.6 Å². The summed E-state index contributed by atoms with van der Waals surface area (Å²) in [6.45, 7) is 1.50. The van der Waals surface area contributed by atoms with Crippen LogP contribution in [0.5, 0.6) is 5.75 Å². The molecule has 0 radical (unpaired) electrons. The van der Waals surface area contributed by atoms with Crippen molar-refractivity contribution in [1.82, 2.24) is 4.98 Å². The van der Waals surface area contributed by atoms with Gasteiger partial charge in [-0.15, -0.1) is 0 Å². The van der Waals surface area contributed by atoms with Crippen LogP contribution in [0.3, 0.4) is 0 Å². The smallest absolute Gasteiger partial charge is 0.268 e. The van der Waals surface area contributed by atoms with E-state index in [2.05, 4.69) is 4.98 Å². The summed E-state index contributed by atoms with van der Waals surface area (Å²) in [6, 6.07) is 16.5. The van der Waals surface area contributed by atoms with Crippen LogP contribution >= 0.6 is 0 Å². The standard InChI is InChI=1S/C22H17F2N3O2/c1-15(29-19-7-4-5-16(11-19)13-25)22(28)27(14-18-6-2-3-10-26-18)21-9-8-17(23)12-20(21)24/h2-12,15H,14H2,1H3. The van der Waals surface area contributed by atoms with Crippen molar-refractivity contribution >= 4 is 11.6 Å². The summed E-state index contributed by atoms with van der Waals surface area (Å²) in [5, 5.41) is 9.00. The zero-order valence-electron chi connectivity index (χ0n) is 15.5. The van der Waals surface area contributed by atoms with Crippen molar-refractivity contribution in [3.05, 3.63) is 89.8 Å². The fraction of sp³-hybridized carbons (Fsp3) is 0.136. The third-order valence-corrected chi connectivity index (χ3v) is 4.14. The average molecular weight is 393 g/mol.